The topological polar surface area (TPSA) is 29.5 Å². The summed E-state index contributed by atoms with van der Waals surface area (Å²) in [4.78, 5) is 14.8. The maximum absolute atomic E-state index is 12.3. The predicted molar refractivity (Wildman–Crippen MR) is 158 cm³/mol. The number of halogens is 1. The number of hydrogen-bond acceptors (Lipinski definition) is 3. The van der Waals surface area contributed by atoms with Crippen LogP contribution in [-0.2, 0) is 9.53 Å². The number of fused-ring (bicyclic) bond motifs is 3. The van der Waals surface area contributed by atoms with Gasteiger partial charge in [0.05, 0.1) is 0 Å². The predicted octanol–water partition coefficient (Wildman–Crippen LogP) is 9.60. The van der Waals surface area contributed by atoms with Gasteiger partial charge in [0.25, 0.3) is 0 Å². The molecule has 0 unspecified atom stereocenters. The second kappa shape index (κ2) is 15.4. The van der Waals surface area contributed by atoms with Crippen molar-refractivity contribution in [1.82, 2.24) is 4.90 Å². The number of nitrogens with zero attached hydrogens (tertiary/aromatic N) is 1. The first kappa shape index (κ1) is 28.7. The fourth-order valence-corrected chi connectivity index (χ4v) is 5.54. The van der Waals surface area contributed by atoms with Gasteiger partial charge in [-0.05, 0) is 65.7 Å². The lowest BCUT2D eigenvalue weighted by Crippen LogP contribution is -2.32. The molecule has 4 heteroatoms. The van der Waals surface area contributed by atoms with E-state index >= 15 is 0 Å². The third-order valence-electron chi connectivity index (χ3n) is 7.09. The van der Waals surface area contributed by atoms with Crippen LogP contribution in [0.5, 0.6) is 0 Å². The van der Waals surface area contributed by atoms with Crippen molar-refractivity contribution in [2.24, 2.45) is 0 Å². The van der Waals surface area contributed by atoms with Gasteiger partial charge in [0, 0.05) is 23.5 Å². The number of ether oxygens (including phenoxy) is 1. The minimum atomic E-state index is -0.290. The van der Waals surface area contributed by atoms with Gasteiger partial charge in [-0.3, -0.25) is 9.69 Å². The Morgan fingerprint density at radius 3 is 2.08 bits per heavy atom. The van der Waals surface area contributed by atoms with Gasteiger partial charge < -0.3 is 4.74 Å². The minimum Gasteiger partial charge on any atom is -0.456 e. The molecule has 0 spiro atoms. The second-order valence-electron chi connectivity index (χ2n) is 10.1. The molecule has 0 saturated heterocycles. The van der Waals surface area contributed by atoms with Crippen molar-refractivity contribution in [3.8, 4) is 0 Å². The molecule has 0 fully saturated rings. The van der Waals surface area contributed by atoms with Crippen LogP contribution in [0.25, 0.3) is 21.5 Å². The molecule has 0 heterocycles. The molecule has 0 aliphatic heterocycles. The maximum Gasteiger partial charge on any atom is 0.303 e. The van der Waals surface area contributed by atoms with Crippen molar-refractivity contribution in [1.29, 1.82) is 0 Å². The van der Waals surface area contributed by atoms with E-state index in [1.165, 1.54) is 87.3 Å². The molecular formula is C32H44BrNO2. The van der Waals surface area contributed by atoms with Gasteiger partial charge in [0.1, 0.15) is 6.10 Å². The molecule has 0 N–H and O–H groups in total. The van der Waals surface area contributed by atoms with Gasteiger partial charge in [0.2, 0.25) is 0 Å². The summed E-state index contributed by atoms with van der Waals surface area (Å²) in [6, 6.07) is 17.2. The smallest absolute Gasteiger partial charge is 0.303 e. The summed E-state index contributed by atoms with van der Waals surface area (Å²) < 4.78 is 7.11. The Morgan fingerprint density at radius 2 is 1.44 bits per heavy atom. The summed E-state index contributed by atoms with van der Waals surface area (Å²) in [6.07, 6.45) is 12.4. The Morgan fingerprint density at radius 1 is 0.806 bits per heavy atom. The molecule has 196 valence electrons. The van der Waals surface area contributed by atoms with Crippen molar-refractivity contribution >= 4 is 43.4 Å². The molecule has 0 aliphatic carbocycles. The van der Waals surface area contributed by atoms with Crippen LogP contribution in [0.2, 0.25) is 0 Å². The number of carbonyl (C=O) groups excluding carboxylic acids is 1. The highest BCUT2D eigenvalue weighted by Crippen LogP contribution is 2.35. The van der Waals surface area contributed by atoms with E-state index in [-0.39, 0.29) is 12.1 Å². The van der Waals surface area contributed by atoms with Crippen molar-refractivity contribution in [2.75, 3.05) is 19.6 Å². The third kappa shape index (κ3) is 8.59. The normalized spacial score (nSPS) is 12.5. The lowest BCUT2D eigenvalue weighted by Gasteiger charge is -2.29. The first-order valence-corrected chi connectivity index (χ1v) is 14.8. The van der Waals surface area contributed by atoms with E-state index in [2.05, 4.69) is 83.2 Å². The third-order valence-corrected chi connectivity index (χ3v) is 7.58. The van der Waals surface area contributed by atoms with Gasteiger partial charge in [-0.2, -0.15) is 0 Å². The van der Waals surface area contributed by atoms with Crippen molar-refractivity contribution < 1.29 is 9.53 Å². The first-order valence-electron chi connectivity index (χ1n) is 14.0. The summed E-state index contributed by atoms with van der Waals surface area (Å²) in [5.74, 6) is -0.218. The van der Waals surface area contributed by atoms with Crippen molar-refractivity contribution in [3.63, 3.8) is 0 Å². The number of benzene rings is 3. The monoisotopic (exact) mass is 553 g/mol. The Labute approximate surface area is 226 Å². The van der Waals surface area contributed by atoms with E-state index in [0.29, 0.717) is 0 Å². The summed E-state index contributed by atoms with van der Waals surface area (Å²) in [5.41, 5.74) is 1.10. The van der Waals surface area contributed by atoms with Crippen LogP contribution in [0, 0.1) is 0 Å². The number of hydrogen-bond donors (Lipinski definition) is 0. The molecule has 3 aromatic carbocycles. The van der Waals surface area contributed by atoms with Gasteiger partial charge in [-0.1, -0.05) is 111 Å². The molecule has 3 rings (SSSR count). The standard InChI is InChI=1S/C32H44BrNO2/c1-4-6-8-10-14-20-34(21-15-11-9-7-5-2)24-32(36-25(3)35)31-22-26-16-12-13-17-28(26)30-23-27(33)18-19-29(30)31/h12-13,16-19,22-23,32H,4-11,14-15,20-21,24H2,1-3H3/t32-/m0/s1. The fraction of sp³-hybridized carbons (Fsp3) is 0.531. The van der Waals surface area contributed by atoms with Crippen LogP contribution < -0.4 is 0 Å². The second-order valence-corrected chi connectivity index (χ2v) is 11.0. The molecule has 1 atom stereocenters. The van der Waals surface area contributed by atoms with Crippen LogP contribution in [0.3, 0.4) is 0 Å². The summed E-state index contributed by atoms with van der Waals surface area (Å²) in [7, 11) is 0. The number of unbranched alkanes of at least 4 members (excludes halogenated alkanes) is 8. The SMILES string of the molecule is CCCCCCCN(CCCCCCC)C[C@H](OC(C)=O)c1cc2ccccc2c2cc(Br)ccc12. The van der Waals surface area contributed by atoms with Crippen molar-refractivity contribution in [2.45, 2.75) is 91.1 Å². The molecule has 3 aromatic rings. The molecule has 0 aliphatic rings. The molecule has 0 amide bonds. The average Bonchev–Trinajstić information content (AvgIpc) is 2.87. The fourth-order valence-electron chi connectivity index (χ4n) is 5.18. The molecule has 3 nitrogen and oxygen atoms in total. The molecule has 36 heavy (non-hydrogen) atoms. The zero-order valence-corrected chi connectivity index (χ0v) is 24.1. The van der Waals surface area contributed by atoms with E-state index in [9.17, 15) is 4.79 Å². The zero-order chi connectivity index (χ0) is 25.8. The molecule has 0 aromatic heterocycles. The Bertz CT molecular complexity index is 1080. The largest absolute Gasteiger partial charge is 0.456 e. The van der Waals surface area contributed by atoms with Crippen molar-refractivity contribution in [3.05, 3.63) is 58.6 Å². The van der Waals surface area contributed by atoms with E-state index in [4.69, 9.17) is 4.74 Å². The Kier molecular flexibility index (Phi) is 12.2. The van der Waals surface area contributed by atoms with Crippen LogP contribution in [0.15, 0.2) is 53.0 Å². The summed E-state index contributed by atoms with van der Waals surface area (Å²) >= 11 is 3.66. The average molecular weight is 555 g/mol. The Hall–Kier alpha value is -1.91. The van der Waals surface area contributed by atoms with E-state index < -0.39 is 0 Å². The van der Waals surface area contributed by atoms with Crippen LogP contribution in [0.1, 0.15) is 96.6 Å². The van der Waals surface area contributed by atoms with Gasteiger partial charge in [0.15, 0.2) is 0 Å². The number of carbonyl (C=O) groups is 1. The van der Waals surface area contributed by atoms with Gasteiger partial charge in [-0.15, -0.1) is 0 Å². The molecular weight excluding hydrogens is 510 g/mol. The number of esters is 1. The molecule has 0 radical (unpaired) electrons. The van der Waals surface area contributed by atoms with Crippen LogP contribution >= 0.6 is 15.9 Å². The van der Waals surface area contributed by atoms with E-state index in [1.54, 1.807) is 0 Å². The molecule has 0 saturated carbocycles. The Balaban J connectivity index is 1.89. The van der Waals surface area contributed by atoms with Crippen LogP contribution in [0.4, 0.5) is 0 Å². The van der Waals surface area contributed by atoms with E-state index in [1.807, 2.05) is 0 Å². The molecule has 0 bridgehead atoms. The zero-order valence-electron chi connectivity index (χ0n) is 22.5. The summed E-state index contributed by atoms with van der Waals surface area (Å²) in [6.45, 7) is 8.92. The number of rotatable bonds is 16. The minimum absolute atomic E-state index is 0.218. The lowest BCUT2D eigenvalue weighted by molar-refractivity contribution is -0.147. The highest BCUT2D eigenvalue weighted by molar-refractivity contribution is 9.10. The highest BCUT2D eigenvalue weighted by atomic mass is 79.9. The van der Waals surface area contributed by atoms with Gasteiger partial charge >= 0.3 is 5.97 Å². The first-order chi connectivity index (χ1) is 17.5. The quantitative estimate of drug-likeness (QED) is 0.100. The van der Waals surface area contributed by atoms with E-state index in [0.717, 1.165) is 35.1 Å². The highest BCUT2D eigenvalue weighted by Gasteiger charge is 2.22. The van der Waals surface area contributed by atoms with Gasteiger partial charge in [-0.25, -0.2) is 0 Å². The maximum atomic E-state index is 12.3. The van der Waals surface area contributed by atoms with Crippen LogP contribution in [-0.4, -0.2) is 30.5 Å². The lowest BCUT2D eigenvalue weighted by atomic mass is 9.94. The summed E-state index contributed by atoms with van der Waals surface area (Å²) in [5, 5.41) is 4.76.